The first-order chi connectivity index (χ1) is 33.2. The zero-order valence-electron chi connectivity index (χ0n) is 40.2. The fraction of sp³-hybridized carbons (Fsp3) is 0.596. The van der Waals surface area contributed by atoms with Crippen molar-refractivity contribution in [2.45, 2.75) is 128 Å². The number of carbonyl (C=O) groups excluding carboxylic acids is 5. The third-order valence-corrected chi connectivity index (χ3v) is 14.9. The van der Waals surface area contributed by atoms with Crippen LogP contribution < -0.4 is 29.7 Å². The second-order valence-corrected chi connectivity index (χ2v) is 19.9. The number of para-hydroxylation sites is 1. The standard InChI is InChI=1S/C52H72N8O7S/c1-53-47(62)24-21-40(34-61)60-50(64)42-23-22-41(31-44(42)51(60)65)66-30-14-10-8-6-4-3-5-7-9-13-27-55-49(63)43-15-11-12-16-45(43)67-46-32-54-37-56-48(46)59-35-52(36-59)25-28-58(29-26-52)33-38-17-19-39(20-18-38)57-68-2/h11-12,15-16,22-23,31-32,34,37-40,57H,3-10,13-14,17-21,24-30,33,35-36H2,1-2H3,(H,53,62)(H,55,63). The van der Waals surface area contributed by atoms with E-state index < -0.39 is 17.9 Å². The summed E-state index contributed by atoms with van der Waals surface area (Å²) in [4.78, 5) is 77.6. The summed E-state index contributed by atoms with van der Waals surface area (Å²) < 4.78 is 15.9. The van der Waals surface area contributed by atoms with Crippen LogP contribution in [0.1, 0.15) is 147 Å². The van der Waals surface area contributed by atoms with Crippen molar-refractivity contribution in [3.8, 4) is 17.2 Å². The molecule has 4 heterocycles. The molecular formula is C52H72N8O7S. The monoisotopic (exact) mass is 953 g/mol. The molecule has 4 aliphatic rings. The van der Waals surface area contributed by atoms with Crippen LogP contribution >= 0.6 is 11.9 Å². The van der Waals surface area contributed by atoms with Gasteiger partial charge in [-0.2, -0.15) is 0 Å². The summed E-state index contributed by atoms with van der Waals surface area (Å²) >= 11 is 1.75. The van der Waals surface area contributed by atoms with E-state index in [0.29, 0.717) is 53.7 Å². The van der Waals surface area contributed by atoms with Gasteiger partial charge in [0.2, 0.25) is 5.91 Å². The van der Waals surface area contributed by atoms with Crippen LogP contribution in [0.25, 0.3) is 0 Å². The molecule has 1 spiro atoms. The lowest BCUT2D eigenvalue weighted by atomic mass is 9.71. The lowest BCUT2D eigenvalue weighted by Gasteiger charge is -2.54. The number of benzene rings is 2. The highest BCUT2D eigenvalue weighted by Gasteiger charge is 2.46. The molecule has 1 unspecified atom stereocenters. The summed E-state index contributed by atoms with van der Waals surface area (Å²) in [7, 11) is 1.49. The number of hydrogen-bond donors (Lipinski definition) is 3. The second kappa shape index (κ2) is 25.5. The Labute approximate surface area is 406 Å². The van der Waals surface area contributed by atoms with Gasteiger partial charge in [-0.15, -0.1) is 0 Å². The van der Waals surface area contributed by atoms with Crippen molar-refractivity contribution in [1.29, 1.82) is 0 Å². The summed E-state index contributed by atoms with van der Waals surface area (Å²) in [5, 5.41) is 5.59. The number of aromatic nitrogens is 2. The Kier molecular flexibility index (Phi) is 19.1. The SMILES string of the molecule is CNC(=O)CCC(C=O)N1C(=O)c2ccc(OCCCCCCCCCCCCNC(=O)c3ccccc3Oc3cncnc3N3CC4(CCN(CC5CCC(NSC)CC5)CC4)C3)cc2C1=O. The van der Waals surface area contributed by atoms with E-state index in [-0.39, 0.29) is 35.8 Å². The molecule has 3 aliphatic heterocycles. The lowest BCUT2D eigenvalue weighted by molar-refractivity contribution is -0.121. The number of hydrogen-bond acceptors (Lipinski definition) is 13. The van der Waals surface area contributed by atoms with E-state index in [1.807, 2.05) is 24.3 Å². The van der Waals surface area contributed by atoms with E-state index in [9.17, 15) is 24.0 Å². The molecule has 4 amide bonds. The number of imide groups is 1. The van der Waals surface area contributed by atoms with Gasteiger partial charge in [0.25, 0.3) is 17.7 Å². The van der Waals surface area contributed by atoms with Crippen molar-refractivity contribution in [3.63, 3.8) is 0 Å². The average molecular weight is 953 g/mol. The number of anilines is 1. The number of carbonyl (C=O) groups is 5. The fourth-order valence-corrected chi connectivity index (χ4v) is 10.9. The molecule has 2 saturated heterocycles. The zero-order chi connectivity index (χ0) is 47.7. The maximum Gasteiger partial charge on any atom is 0.262 e. The van der Waals surface area contributed by atoms with Gasteiger partial charge in [-0.25, -0.2) is 9.97 Å². The number of ether oxygens (including phenoxy) is 2. The van der Waals surface area contributed by atoms with Gasteiger partial charge in [-0.3, -0.25) is 28.8 Å². The van der Waals surface area contributed by atoms with Crippen LogP contribution in [-0.2, 0) is 9.59 Å². The maximum atomic E-state index is 13.4. The van der Waals surface area contributed by atoms with E-state index in [1.54, 1.807) is 42.7 Å². The zero-order valence-corrected chi connectivity index (χ0v) is 41.0. The Hall–Kier alpha value is -5.06. The second-order valence-electron chi connectivity index (χ2n) is 19.2. The molecule has 2 aromatic carbocycles. The van der Waals surface area contributed by atoms with Crippen molar-refractivity contribution in [2.75, 3.05) is 64.1 Å². The Morgan fingerprint density at radius 2 is 1.57 bits per heavy atom. The van der Waals surface area contributed by atoms with Crippen LogP contribution in [0.2, 0.25) is 0 Å². The lowest BCUT2D eigenvalue weighted by Crippen LogP contribution is -2.61. The van der Waals surface area contributed by atoms with Crippen molar-refractivity contribution < 1.29 is 33.4 Å². The van der Waals surface area contributed by atoms with Crippen molar-refractivity contribution >= 4 is 47.7 Å². The van der Waals surface area contributed by atoms with Gasteiger partial charge in [0.15, 0.2) is 11.6 Å². The first-order valence-electron chi connectivity index (χ1n) is 25.1. The van der Waals surface area contributed by atoms with Crippen LogP contribution in [0.5, 0.6) is 17.2 Å². The topological polar surface area (TPSA) is 175 Å². The maximum absolute atomic E-state index is 13.4. The summed E-state index contributed by atoms with van der Waals surface area (Å²) in [6.07, 6.45) is 24.6. The number of nitrogens with zero attached hydrogens (tertiary/aromatic N) is 5. The highest BCUT2D eigenvalue weighted by molar-refractivity contribution is 7.96. The molecule has 1 aliphatic carbocycles. The number of piperidine rings is 1. The number of rotatable bonds is 27. The highest BCUT2D eigenvalue weighted by atomic mass is 32.2. The predicted octanol–water partition coefficient (Wildman–Crippen LogP) is 8.00. The molecule has 1 aromatic heterocycles. The number of fused-ring (bicyclic) bond motifs is 1. The van der Waals surface area contributed by atoms with E-state index in [4.69, 9.17) is 9.47 Å². The van der Waals surface area contributed by atoms with E-state index in [2.05, 4.69) is 41.4 Å². The normalized spacial score (nSPS) is 19.3. The quantitative estimate of drug-likeness (QED) is 0.0291. The summed E-state index contributed by atoms with van der Waals surface area (Å²) in [5.74, 6) is 1.71. The molecule has 15 nitrogen and oxygen atoms in total. The van der Waals surface area contributed by atoms with Crippen molar-refractivity contribution in [3.05, 3.63) is 71.7 Å². The van der Waals surface area contributed by atoms with E-state index in [1.165, 1.54) is 84.5 Å². The first kappa shape index (κ1) is 50.8. The molecule has 68 heavy (non-hydrogen) atoms. The van der Waals surface area contributed by atoms with E-state index >= 15 is 0 Å². The number of unbranched alkanes of at least 4 members (excludes halogenated alkanes) is 9. The number of likely N-dealkylation sites (tertiary alicyclic amines) is 1. The molecule has 1 atom stereocenters. The van der Waals surface area contributed by atoms with Gasteiger partial charge in [0, 0.05) is 51.1 Å². The number of aldehydes is 1. The van der Waals surface area contributed by atoms with Gasteiger partial charge < -0.3 is 34.7 Å². The third-order valence-electron chi connectivity index (χ3n) is 14.4. The van der Waals surface area contributed by atoms with Gasteiger partial charge >= 0.3 is 0 Å². The minimum absolute atomic E-state index is 0.0320. The largest absolute Gasteiger partial charge is 0.494 e. The van der Waals surface area contributed by atoms with Crippen LogP contribution in [-0.4, -0.2) is 121 Å². The predicted molar refractivity (Wildman–Crippen MR) is 265 cm³/mol. The number of amides is 4. The molecule has 7 rings (SSSR count). The van der Waals surface area contributed by atoms with Crippen LogP contribution in [0.15, 0.2) is 55.0 Å². The Bertz CT molecular complexity index is 2150. The first-order valence-corrected chi connectivity index (χ1v) is 26.3. The molecule has 1 saturated carbocycles. The smallest absolute Gasteiger partial charge is 0.262 e. The Morgan fingerprint density at radius 1 is 0.882 bits per heavy atom. The summed E-state index contributed by atoms with van der Waals surface area (Å²) in [6.45, 7) is 6.62. The average Bonchev–Trinajstić information content (AvgIpc) is 3.59. The summed E-state index contributed by atoms with van der Waals surface area (Å²) in [5.41, 5.74) is 1.28. The molecular weight excluding hydrogens is 881 g/mol. The molecule has 0 bridgehead atoms. The van der Waals surface area contributed by atoms with Gasteiger partial charge in [0.05, 0.1) is 35.5 Å². The fourth-order valence-electron chi connectivity index (χ4n) is 10.3. The minimum Gasteiger partial charge on any atom is -0.494 e. The minimum atomic E-state index is -1.00. The number of nitrogens with one attached hydrogen (secondary N) is 3. The van der Waals surface area contributed by atoms with Crippen molar-refractivity contribution in [2.24, 2.45) is 11.3 Å². The summed E-state index contributed by atoms with van der Waals surface area (Å²) in [6, 6.07) is 11.9. The molecule has 368 valence electrons. The Balaban J connectivity index is 0.725. The van der Waals surface area contributed by atoms with Crippen molar-refractivity contribution in [1.82, 2.24) is 35.1 Å². The van der Waals surface area contributed by atoms with Gasteiger partial charge in [-0.1, -0.05) is 75.4 Å². The van der Waals surface area contributed by atoms with Crippen LogP contribution in [0.3, 0.4) is 0 Å². The van der Waals surface area contributed by atoms with E-state index in [0.717, 1.165) is 74.7 Å². The highest BCUT2D eigenvalue weighted by Crippen LogP contribution is 2.45. The third kappa shape index (κ3) is 13.6. The molecule has 3 N–H and O–H groups in total. The molecule has 3 fully saturated rings. The van der Waals surface area contributed by atoms with Gasteiger partial charge in [0.1, 0.15) is 24.1 Å². The van der Waals surface area contributed by atoms with Crippen LogP contribution in [0.4, 0.5) is 5.82 Å². The van der Waals surface area contributed by atoms with Crippen LogP contribution in [0, 0.1) is 11.3 Å². The Morgan fingerprint density at radius 3 is 2.28 bits per heavy atom. The molecule has 0 radical (unpaired) electrons. The molecule has 3 aromatic rings. The van der Waals surface area contributed by atoms with Gasteiger partial charge in [-0.05, 0) is 113 Å². The molecule has 16 heteroatoms.